The number of tetrazole rings is 1. The molecule has 42 heavy (non-hydrogen) atoms. The van der Waals surface area contributed by atoms with Crippen molar-refractivity contribution in [1.29, 1.82) is 0 Å². The van der Waals surface area contributed by atoms with Crippen LogP contribution in [0.15, 0.2) is 53.3 Å². The predicted molar refractivity (Wildman–Crippen MR) is 158 cm³/mol. The summed E-state index contributed by atoms with van der Waals surface area (Å²) in [7, 11) is 0. The molecule has 4 heterocycles. The number of H-pyrrole nitrogens is 1. The van der Waals surface area contributed by atoms with Gasteiger partial charge in [0.25, 0.3) is 11.5 Å². The quantitative estimate of drug-likeness (QED) is 0.345. The number of carbonyl (C=O) groups excluding carboxylic acids is 2. The van der Waals surface area contributed by atoms with Crippen LogP contribution in [0.2, 0.25) is 0 Å². The molecule has 1 fully saturated rings. The van der Waals surface area contributed by atoms with Crippen LogP contribution in [0.25, 0.3) is 22.5 Å². The summed E-state index contributed by atoms with van der Waals surface area (Å²) in [5, 5.41) is 17.1. The number of aromatic amines is 1. The van der Waals surface area contributed by atoms with E-state index < -0.39 is 11.9 Å². The van der Waals surface area contributed by atoms with Crippen LogP contribution >= 0.6 is 0 Å². The van der Waals surface area contributed by atoms with Crippen LogP contribution in [0.4, 0.5) is 4.79 Å². The van der Waals surface area contributed by atoms with Crippen LogP contribution in [0, 0.1) is 0 Å². The Morgan fingerprint density at radius 1 is 0.976 bits per heavy atom. The van der Waals surface area contributed by atoms with Gasteiger partial charge < -0.3 is 4.90 Å². The standard InChI is InChI=1S/C31H36N8O3/c1-2-9-26-25(20-21-13-15-22(16-14-21)23-10-4-5-11-24(23)28-33-35-36-34-28)30(41)39-27(12-8-19-38(26)39)29(40)32-31(42)37-17-6-3-7-18-37/h4-5,10-11,13-16,27H,2-3,6-9,12,17-20H2,1H3,(H,32,40,42)(H,33,34,35,36). The number of piperidine rings is 1. The van der Waals surface area contributed by atoms with Gasteiger partial charge in [0.05, 0.1) is 0 Å². The van der Waals surface area contributed by atoms with E-state index in [4.69, 9.17) is 0 Å². The first-order chi connectivity index (χ1) is 20.5. The van der Waals surface area contributed by atoms with Crippen molar-refractivity contribution in [3.63, 3.8) is 0 Å². The maximum absolute atomic E-state index is 13.9. The molecule has 0 aliphatic carbocycles. The summed E-state index contributed by atoms with van der Waals surface area (Å²) in [5.74, 6) is 0.132. The molecule has 2 aromatic heterocycles. The van der Waals surface area contributed by atoms with E-state index in [1.54, 1.807) is 9.58 Å². The second-order valence-corrected chi connectivity index (χ2v) is 11.1. The number of likely N-dealkylation sites (tertiary alicyclic amines) is 1. The molecule has 1 unspecified atom stereocenters. The number of fused-ring (bicyclic) bond motifs is 1. The third-order valence-corrected chi connectivity index (χ3v) is 8.35. The first kappa shape index (κ1) is 27.6. The molecule has 218 valence electrons. The molecule has 2 aliphatic heterocycles. The van der Waals surface area contributed by atoms with Crippen molar-refractivity contribution in [3.8, 4) is 22.5 Å². The molecule has 2 N–H and O–H groups in total. The van der Waals surface area contributed by atoms with Crippen LogP contribution in [0.1, 0.15) is 68.3 Å². The molecular weight excluding hydrogens is 532 g/mol. The van der Waals surface area contributed by atoms with Crippen molar-refractivity contribution in [2.24, 2.45) is 0 Å². The Labute approximate surface area is 243 Å². The monoisotopic (exact) mass is 568 g/mol. The number of hydrogen-bond donors (Lipinski definition) is 2. The van der Waals surface area contributed by atoms with E-state index in [0.717, 1.165) is 72.0 Å². The van der Waals surface area contributed by atoms with Crippen LogP contribution < -0.4 is 10.9 Å². The molecule has 0 radical (unpaired) electrons. The minimum absolute atomic E-state index is 0.143. The summed E-state index contributed by atoms with van der Waals surface area (Å²) in [6, 6.07) is 15.0. The number of rotatable bonds is 7. The van der Waals surface area contributed by atoms with E-state index in [1.807, 2.05) is 53.2 Å². The van der Waals surface area contributed by atoms with Gasteiger partial charge in [0.2, 0.25) is 5.82 Å². The largest absolute Gasteiger partial charge is 0.324 e. The van der Waals surface area contributed by atoms with Crippen molar-refractivity contribution >= 4 is 11.9 Å². The SMILES string of the molecule is CCCc1c(Cc2ccc(-c3ccccc3-c3nn[nH]n3)cc2)c(=O)n2n1CCCC2C(=O)NC(=O)N1CCCCC1. The Morgan fingerprint density at radius 2 is 1.74 bits per heavy atom. The van der Waals surface area contributed by atoms with Gasteiger partial charge >= 0.3 is 6.03 Å². The summed E-state index contributed by atoms with van der Waals surface area (Å²) in [4.78, 5) is 41.7. The summed E-state index contributed by atoms with van der Waals surface area (Å²) < 4.78 is 3.61. The minimum atomic E-state index is -0.701. The molecule has 2 aliphatic rings. The third kappa shape index (κ3) is 5.38. The molecule has 2 aromatic carbocycles. The van der Waals surface area contributed by atoms with Crippen molar-refractivity contribution in [2.45, 2.75) is 70.9 Å². The summed E-state index contributed by atoms with van der Waals surface area (Å²) in [5.41, 5.74) is 5.45. The van der Waals surface area contributed by atoms with Gasteiger partial charge in [-0.25, -0.2) is 9.48 Å². The Hall–Kier alpha value is -4.54. The van der Waals surface area contributed by atoms with Gasteiger partial charge in [-0.05, 0) is 60.4 Å². The van der Waals surface area contributed by atoms with Crippen LogP contribution in [-0.2, 0) is 24.2 Å². The average Bonchev–Trinajstić information content (AvgIpc) is 3.66. The lowest BCUT2D eigenvalue weighted by atomic mass is 9.96. The number of hydrogen-bond acceptors (Lipinski definition) is 6. The van der Waals surface area contributed by atoms with Crippen molar-refractivity contribution in [3.05, 3.63) is 75.7 Å². The van der Waals surface area contributed by atoms with Crippen molar-refractivity contribution in [2.75, 3.05) is 13.1 Å². The number of benzene rings is 2. The van der Waals surface area contributed by atoms with E-state index in [0.29, 0.717) is 38.3 Å². The van der Waals surface area contributed by atoms with E-state index in [9.17, 15) is 14.4 Å². The molecule has 0 saturated carbocycles. The Kier molecular flexibility index (Phi) is 7.98. The van der Waals surface area contributed by atoms with E-state index in [-0.39, 0.29) is 11.6 Å². The first-order valence-electron chi connectivity index (χ1n) is 14.9. The van der Waals surface area contributed by atoms with Crippen molar-refractivity contribution < 1.29 is 9.59 Å². The highest BCUT2D eigenvalue weighted by atomic mass is 16.2. The van der Waals surface area contributed by atoms with Crippen LogP contribution in [0.3, 0.4) is 0 Å². The van der Waals surface area contributed by atoms with Gasteiger partial charge in [0.15, 0.2) is 0 Å². The highest BCUT2D eigenvalue weighted by molar-refractivity contribution is 5.96. The molecule has 1 atom stereocenters. The van der Waals surface area contributed by atoms with Gasteiger partial charge in [-0.3, -0.25) is 19.6 Å². The molecule has 0 spiro atoms. The van der Waals surface area contributed by atoms with Crippen molar-refractivity contribution in [1.82, 2.24) is 40.2 Å². The number of nitrogens with zero attached hydrogens (tertiary/aromatic N) is 6. The fraction of sp³-hybridized carbons (Fsp3) is 0.419. The number of nitrogens with one attached hydrogen (secondary N) is 2. The Bertz CT molecular complexity index is 1610. The molecular formula is C31H36N8O3. The second-order valence-electron chi connectivity index (χ2n) is 11.1. The molecule has 1 saturated heterocycles. The number of urea groups is 1. The highest BCUT2D eigenvalue weighted by Crippen LogP contribution is 2.30. The minimum Gasteiger partial charge on any atom is -0.324 e. The lowest BCUT2D eigenvalue weighted by Crippen LogP contribution is -2.49. The lowest BCUT2D eigenvalue weighted by Gasteiger charge is -2.29. The van der Waals surface area contributed by atoms with Crippen LogP contribution in [-0.4, -0.2) is 59.9 Å². The first-order valence-corrected chi connectivity index (χ1v) is 14.9. The lowest BCUT2D eigenvalue weighted by molar-refractivity contribution is -0.124. The van der Waals surface area contributed by atoms with Gasteiger partial charge in [0.1, 0.15) is 6.04 Å². The van der Waals surface area contributed by atoms with E-state index in [2.05, 4.69) is 32.9 Å². The zero-order chi connectivity index (χ0) is 29.1. The maximum atomic E-state index is 13.9. The molecule has 6 rings (SSSR count). The zero-order valence-corrected chi connectivity index (χ0v) is 23.9. The molecule has 4 aromatic rings. The normalized spacial score (nSPS) is 16.7. The molecule has 0 bridgehead atoms. The number of amides is 3. The van der Waals surface area contributed by atoms with Crippen LogP contribution in [0.5, 0.6) is 0 Å². The average molecular weight is 569 g/mol. The number of imide groups is 1. The van der Waals surface area contributed by atoms with E-state index in [1.165, 1.54) is 0 Å². The van der Waals surface area contributed by atoms with Gasteiger partial charge in [-0.15, -0.1) is 10.2 Å². The fourth-order valence-corrected chi connectivity index (χ4v) is 6.28. The number of aromatic nitrogens is 6. The zero-order valence-electron chi connectivity index (χ0n) is 23.9. The summed E-state index contributed by atoms with van der Waals surface area (Å²) in [6.07, 6.45) is 6.39. The molecule has 3 amide bonds. The summed E-state index contributed by atoms with van der Waals surface area (Å²) in [6.45, 7) is 4.10. The number of carbonyl (C=O) groups is 2. The fourth-order valence-electron chi connectivity index (χ4n) is 6.28. The predicted octanol–water partition coefficient (Wildman–Crippen LogP) is 4.10. The Balaban J connectivity index is 1.26. The topological polar surface area (TPSA) is 131 Å². The maximum Gasteiger partial charge on any atom is 0.324 e. The van der Waals surface area contributed by atoms with Gasteiger partial charge in [-0.1, -0.05) is 61.9 Å². The Morgan fingerprint density at radius 3 is 2.45 bits per heavy atom. The highest BCUT2D eigenvalue weighted by Gasteiger charge is 2.33. The van der Waals surface area contributed by atoms with E-state index >= 15 is 0 Å². The third-order valence-electron chi connectivity index (χ3n) is 8.35. The molecule has 11 heteroatoms. The smallest absolute Gasteiger partial charge is 0.324 e. The summed E-state index contributed by atoms with van der Waals surface area (Å²) >= 11 is 0. The van der Waals surface area contributed by atoms with Gasteiger partial charge in [-0.2, -0.15) is 5.21 Å². The molecule has 11 nitrogen and oxygen atoms in total. The second kappa shape index (κ2) is 12.1. The van der Waals surface area contributed by atoms with Gasteiger partial charge in [0, 0.05) is 42.9 Å².